The summed E-state index contributed by atoms with van der Waals surface area (Å²) >= 11 is 0. The van der Waals surface area contributed by atoms with E-state index in [1.165, 1.54) is 0 Å². The molecule has 0 amide bonds. The van der Waals surface area contributed by atoms with Crippen molar-refractivity contribution in [2.45, 2.75) is 32.9 Å². The van der Waals surface area contributed by atoms with Crippen molar-refractivity contribution in [1.82, 2.24) is 9.55 Å². The second-order valence-corrected chi connectivity index (χ2v) is 4.77. The van der Waals surface area contributed by atoms with Gasteiger partial charge in [-0.2, -0.15) is 0 Å². The SMILES string of the molecule is CC1CN(c2nccn2C(C)C)CC1N. The number of aromatic nitrogens is 2. The topological polar surface area (TPSA) is 47.1 Å². The Balaban J connectivity index is 2.20. The predicted molar refractivity (Wildman–Crippen MR) is 62.0 cm³/mol. The average molecular weight is 208 g/mol. The minimum Gasteiger partial charge on any atom is -0.340 e. The van der Waals surface area contributed by atoms with E-state index in [4.69, 9.17) is 5.73 Å². The van der Waals surface area contributed by atoms with Gasteiger partial charge in [0.05, 0.1) is 0 Å². The zero-order valence-corrected chi connectivity index (χ0v) is 9.72. The first-order valence-electron chi connectivity index (χ1n) is 5.63. The van der Waals surface area contributed by atoms with Crippen molar-refractivity contribution in [3.63, 3.8) is 0 Å². The van der Waals surface area contributed by atoms with Gasteiger partial charge in [0.2, 0.25) is 5.95 Å². The van der Waals surface area contributed by atoms with Crippen LogP contribution in [0.25, 0.3) is 0 Å². The summed E-state index contributed by atoms with van der Waals surface area (Å²) < 4.78 is 2.20. The van der Waals surface area contributed by atoms with Gasteiger partial charge >= 0.3 is 0 Å². The Morgan fingerprint density at radius 3 is 2.73 bits per heavy atom. The van der Waals surface area contributed by atoms with Crippen molar-refractivity contribution in [2.24, 2.45) is 11.7 Å². The van der Waals surface area contributed by atoms with Gasteiger partial charge in [-0.05, 0) is 19.8 Å². The lowest BCUT2D eigenvalue weighted by Gasteiger charge is -2.20. The van der Waals surface area contributed by atoms with Crippen molar-refractivity contribution < 1.29 is 0 Å². The van der Waals surface area contributed by atoms with Gasteiger partial charge in [0, 0.05) is 37.6 Å². The largest absolute Gasteiger partial charge is 0.340 e. The van der Waals surface area contributed by atoms with Crippen LogP contribution in [0.1, 0.15) is 26.8 Å². The first kappa shape index (κ1) is 10.5. The fourth-order valence-corrected chi connectivity index (χ4v) is 2.11. The van der Waals surface area contributed by atoms with E-state index in [-0.39, 0.29) is 6.04 Å². The molecule has 1 aromatic rings. The Hall–Kier alpha value is -1.03. The molecule has 0 saturated carbocycles. The molecule has 2 heterocycles. The molecule has 2 N–H and O–H groups in total. The fourth-order valence-electron chi connectivity index (χ4n) is 2.11. The molecule has 0 aliphatic carbocycles. The van der Waals surface area contributed by atoms with Gasteiger partial charge in [-0.3, -0.25) is 0 Å². The number of hydrogen-bond donors (Lipinski definition) is 1. The van der Waals surface area contributed by atoms with Crippen molar-refractivity contribution in [3.05, 3.63) is 12.4 Å². The molecular weight excluding hydrogens is 188 g/mol. The maximum absolute atomic E-state index is 6.02. The molecule has 1 aliphatic heterocycles. The molecular formula is C11H20N4. The summed E-state index contributed by atoms with van der Waals surface area (Å²) in [6.07, 6.45) is 3.90. The van der Waals surface area contributed by atoms with E-state index in [1.807, 2.05) is 12.4 Å². The number of nitrogens with zero attached hydrogens (tertiary/aromatic N) is 3. The van der Waals surface area contributed by atoms with Crippen LogP contribution in [0.5, 0.6) is 0 Å². The molecule has 4 nitrogen and oxygen atoms in total. The molecule has 0 aromatic carbocycles. The second kappa shape index (κ2) is 3.85. The number of anilines is 1. The van der Waals surface area contributed by atoms with Crippen molar-refractivity contribution >= 4 is 5.95 Å². The van der Waals surface area contributed by atoms with Crippen LogP contribution in [0.4, 0.5) is 5.95 Å². The minimum absolute atomic E-state index is 0.280. The quantitative estimate of drug-likeness (QED) is 0.795. The summed E-state index contributed by atoms with van der Waals surface area (Å²) in [6.45, 7) is 8.48. The first-order valence-corrected chi connectivity index (χ1v) is 5.63. The van der Waals surface area contributed by atoms with E-state index in [0.717, 1.165) is 19.0 Å². The number of imidazole rings is 1. The average Bonchev–Trinajstić information content (AvgIpc) is 2.73. The van der Waals surface area contributed by atoms with Gasteiger partial charge in [0.1, 0.15) is 0 Å². The normalized spacial score (nSPS) is 26.6. The lowest BCUT2D eigenvalue weighted by molar-refractivity contribution is 0.565. The molecule has 84 valence electrons. The van der Waals surface area contributed by atoms with E-state index in [9.17, 15) is 0 Å². The molecule has 1 aliphatic rings. The van der Waals surface area contributed by atoms with Gasteiger partial charge in [0.15, 0.2) is 0 Å². The highest BCUT2D eigenvalue weighted by molar-refractivity contribution is 5.34. The number of hydrogen-bond acceptors (Lipinski definition) is 3. The number of rotatable bonds is 2. The Bertz CT molecular complexity index is 321. The van der Waals surface area contributed by atoms with Crippen molar-refractivity contribution in [3.8, 4) is 0 Å². The highest BCUT2D eigenvalue weighted by Gasteiger charge is 2.29. The molecule has 0 bridgehead atoms. The van der Waals surface area contributed by atoms with Crippen LogP contribution in [-0.4, -0.2) is 28.7 Å². The third-order valence-electron chi connectivity index (χ3n) is 3.16. The standard InChI is InChI=1S/C11H20N4/c1-8(2)15-5-4-13-11(15)14-6-9(3)10(12)7-14/h4-5,8-10H,6-7,12H2,1-3H3. The fraction of sp³-hybridized carbons (Fsp3) is 0.727. The Labute approximate surface area is 91.1 Å². The van der Waals surface area contributed by atoms with E-state index < -0.39 is 0 Å². The Kier molecular flexibility index (Phi) is 2.69. The summed E-state index contributed by atoms with van der Waals surface area (Å²) in [7, 11) is 0. The van der Waals surface area contributed by atoms with Gasteiger partial charge < -0.3 is 15.2 Å². The van der Waals surface area contributed by atoms with E-state index in [0.29, 0.717) is 12.0 Å². The van der Waals surface area contributed by atoms with Crippen molar-refractivity contribution in [2.75, 3.05) is 18.0 Å². The summed E-state index contributed by atoms with van der Waals surface area (Å²) in [6, 6.07) is 0.733. The maximum atomic E-state index is 6.02. The van der Waals surface area contributed by atoms with Crippen LogP contribution in [0.3, 0.4) is 0 Å². The van der Waals surface area contributed by atoms with Crippen LogP contribution < -0.4 is 10.6 Å². The highest BCUT2D eigenvalue weighted by atomic mass is 15.3. The molecule has 1 fully saturated rings. The third-order valence-corrected chi connectivity index (χ3v) is 3.16. The smallest absolute Gasteiger partial charge is 0.205 e. The summed E-state index contributed by atoms with van der Waals surface area (Å²) in [4.78, 5) is 6.71. The molecule has 1 saturated heterocycles. The molecule has 4 heteroatoms. The zero-order chi connectivity index (χ0) is 11.0. The third kappa shape index (κ3) is 1.86. The van der Waals surface area contributed by atoms with Crippen LogP contribution in [0, 0.1) is 5.92 Å². The Morgan fingerprint density at radius 2 is 2.20 bits per heavy atom. The van der Waals surface area contributed by atoms with Crippen LogP contribution in [0.15, 0.2) is 12.4 Å². The molecule has 2 rings (SSSR count). The summed E-state index contributed by atoms with van der Waals surface area (Å²) in [5.74, 6) is 1.62. The molecule has 2 unspecified atom stereocenters. The van der Waals surface area contributed by atoms with E-state index in [1.54, 1.807) is 0 Å². The van der Waals surface area contributed by atoms with Gasteiger partial charge in [0.25, 0.3) is 0 Å². The second-order valence-electron chi connectivity index (χ2n) is 4.77. The summed E-state index contributed by atoms with van der Waals surface area (Å²) in [5.41, 5.74) is 6.02. The van der Waals surface area contributed by atoms with Gasteiger partial charge in [-0.25, -0.2) is 4.98 Å². The van der Waals surface area contributed by atoms with Crippen LogP contribution in [-0.2, 0) is 0 Å². The zero-order valence-electron chi connectivity index (χ0n) is 9.72. The van der Waals surface area contributed by atoms with Gasteiger partial charge in [-0.1, -0.05) is 6.92 Å². The molecule has 2 atom stereocenters. The van der Waals surface area contributed by atoms with E-state index >= 15 is 0 Å². The lowest BCUT2D eigenvalue weighted by Crippen LogP contribution is -2.29. The van der Waals surface area contributed by atoms with Crippen LogP contribution in [0.2, 0.25) is 0 Å². The van der Waals surface area contributed by atoms with E-state index in [2.05, 4.69) is 35.2 Å². The molecule has 0 radical (unpaired) electrons. The minimum atomic E-state index is 0.280. The van der Waals surface area contributed by atoms with Gasteiger partial charge in [-0.15, -0.1) is 0 Å². The monoisotopic (exact) mass is 208 g/mol. The predicted octanol–water partition coefficient (Wildman–Crippen LogP) is 1.25. The lowest BCUT2D eigenvalue weighted by atomic mass is 10.1. The highest BCUT2D eigenvalue weighted by Crippen LogP contribution is 2.23. The maximum Gasteiger partial charge on any atom is 0.205 e. The molecule has 0 spiro atoms. The molecule has 1 aromatic heterocycles. The number of nitrogens with two attached hydrogens (primary N) is 1. The summed E-state index contributed by atoms with van der Waals surface area (Å²) in [5, 5.41) is 0. The molecule has 15 heavy (non-hydrogen) atoms. The first-order chi connectivity index (χ1) is 7.09. The Morgan fingerprint density at radius 1 is 1.47 bits per heavy atom. The van der Waals surface area contributed by atoms with Crippen molar-refractivity contribution in [1.29, 1.82) is 0 Å². The van der Waals surface area contributed by atoms with Crippen LogP contribution >= 0.6 is 0 Å².